The van der Waals surface area contributed by atoms with Gasteiger partial charge in [0.25, 0.3) is 0 Å². The molecule has 0 spiro atoms. The smallest absolute Gasteiger partial charge is 0.302 e. The number of allylic oxidation sites excluding steroid dienone is 2. The normalized spacial score (nSPS) is 47.6. The van der Waals surface area contributed by atoms with Gasteiger partial charge in [-0.05, 0) is 61.7 Å². The number of fused-ring (bicyclic) bond motifs is 5. The summed E-state index contributed by atoms with van der Waals surface area (Å²) in [7, 11) is 0. The molecule has 0 aromatic carbocycles. The molecule has 3 fully saturated rings. The molecule has 26 heavy (non-hydrogen) atoms. The van der Waals surface area contributed by atoms with E-state index in [-0.39, 0.29) is 22.9 Å². The number of halogens is 1. The molecule has 4 rings (SSSR count). The van der Waals surface area contributed by atoms with Crippen molar-refractivity contribution in [1.82, 2.24) is 0 Å². The van der Waals surface area contributed by atoms with Crippen molar-refractivity contribution in [2.75, 3.05) is 0 Å². The number of carbonyl (C=O) groups is 2. The fourth-order valence-corrected chi connectivity index (χ4v) is 7.79. The van der Waals surface area contributed by atoms with E-state index in [1.165, 1.54) is 39.0 Å². The lowest BCUT2D eigenvalue weighted by Gasteiger charge is -2.61. The third-order valence-electron chi connectivity index (χ3n) is 8.64. The van der Waals surface area contributed by atoms with Crippen LogP contribution in [0.5, 0.6) is 0 Å². The Morgan fingerprint density at radius 2 is 1.92 bits per heavy atom. The summed E-state index contributed by atoms with van der Waals surface area (Å²) in [5, 5.41) is 0.802. The Hall–Kier alpha value is -0.830. The van der Waals surface area contributed by atoms with Gasteiger partial charge in [-0.3, -0.25) is 9.59 Å². The van der Waals surface area contributed by atoms with E-state index in [1.807, 2.05) is 0 Å². The van der Waals surface area contributed by atoms with E-state index in [9.17, 15) is 9.59 Å². The minimum Gasteiger partial charge on any atom is -0.462 e. The topological polar surface area (TPSA) is 43.4 Å². The van der Waals surface area contributed by atoms with Gasteiger partial charge in [0, 0.05) is 28.9 Å². The lowest BCUT2D eigenvalue weighted by molar-refractivity contribution is -0.181. The van der Waals surface area contributed by atoms with Crippen LogP contribution in [0.3, 0.4) is 0 Å². The van der Waals surface area contributed by atoms with Gasteiger partial charge in [-0.2, -0.15) is 0 Å². The highest BCUT2D eigenvalue weighted by molar-refractivity contribution is 6.32. The molecule has 0 aromatic heterocycles. The molecular weight excluding hydrogens is 348 g/mol. The number of aldehydes is 1. The Bertz CT molecular complexity index is 656. The highest BCUT2D eigenvalue weighted by Gasteiger charge is 2.61. The van der Waals surface area contributed by atoms with Crippen LogP contribution in [0.1, 0.15) is 72.1 Å². The van der Waals surface area contributed by atoms with Crippen molar-refractivity contribution in [3.8, 4) is 0 Å². The maximum absolute atomic E-state index is 11.8. The first-order valence-corrected chi connectivity index (χ1v) is 10.7. The number of esters is 1. The zero-order valence-electron chi connectivity index (χ0n) is 16.2. The average Bonchev–Trinajstić information content (AvgIpc) is 2.85. The average molecular weight is 379 g/mol. The summed E-state index contributed by atoms with van der Waals surface area (Å²) in [5.41, 5.74) is 0.983. The molecule has 0 aliphatic heterocycles. The molecule has 0 heterocycles. The number of rotatable bonds is 2. The van der Waals surface area contributed by atoms with Gasteiger partial charge in [-0.15, -0.1) is 0 Å². The first-order valence-electron chi connectivity index (χ1n) is 10.3. The zero-order valence-corrected chi connectivity index (χ0v) is 17.0. The Morgan fingerprint density at radius 1 is 1.15 bits per heavy atom. The van der Waals surface area contributed by atoms with Gasteiger partial charge in [0.05, 0.1) is 0 Å². The highest BCUT2D eigenvalue weighted by atomic mass is 35.5. The van der Waals surface area contributed by atoms with E-state index >= 15 is 0 Å². The van der Waals surface area contributed by atoms with Crippen LogP contribution in [0.25, 0.3) is 0 Å². The Labute approximate surface area is 161 Å². The fourth-order valence-electron chi connectivity index (χ4n) is 7.43. The van der Waals surface area contributed by atoms with Crippen molar-refractivity contribution in [3.05, 3.63) is 10.6 Å². The molecule has 0 N–H and O–H groups in total. The van der Waals surface area contributed by atoms with Gasteiger partial charge in [0.2, 0.25) is 0 Å². The number of hydrogen-bond acceptors (Lipinski definition) is 3. The van der Waals surface area contributed by atoms with Gasteiger partial charge in [-0.25, -0.2) is 0 Å². The number of hydrogen-bond donors (Lipinski definition) is 0. The molecule has 7 atom stereocenters. The lowest BCUT2D eigenvalue weighted by atomic mass is 9.44. The van der Waals surface area contributed by atoms with Crippen molar-refractivity contribution in [2.45, 2.75) is 78.2 Å². The molecule has 0 saturated heterocycles. The maximum atomic E-state index is 11.8. The van der Waals surface area contributed by atoms with Crippen LogP contribution in [0, 0.1) is 34.5 Å². The summed E-state index contributed by atoms with van der Waals surface area (Å²) in [4.78, 5) is 23.3. The second-order valence-electron chi connectivity index (χ2n) is 9.74. The molecule has 4 aliphatic rings. The van der Waals surface area contributed by atoms with Crippen molar-refractivity contribution < 1.29 is 14.3 Å². The molecule has 3 unspecified atom stereocenters. The molecule has 0 aromatic rings. The number of carbonyl (C=O) groups excluding carboxylic acids is 2. The predicted molar refractivity (Wildman–Crippen MR) is 102 cm³/mol. The molecule has 3 saturated carbocycles. The second-order valence-corrected chi connectivity index (χ2v) is 10.1. The molecule has 0 radical (unpaired) electrons. The molecular formula is C22H31ClO3. The van der Waals surface area contributed by atoms with E-state index in [4.69, 9.17) is 16.3 Å². The minimum absolute atomic E-state index is 0.0282. The van der Waals surface area contributed by atoms with Crippen molar-refractivity contribution in [2.24, 2.45) is 34.5 Å². The van der Waals surface area contributed by atoms with E-state index in [0.717, 1.165) is 36.2 Å². The largest absolute Gasteiger partial charge is 0.462 e. The van der Waals surface area contributed by atoms with Crippen molar-refractivity contribution in [1.29, 1.82) is 0 Å². The van der Waals surface area contributed by atoms with Crippen molar-refractivity contribution in [3.63, 3.8) is 0 Å². The molecule has 144 valence electrons. The van der Waals surface area contributed by atoms with Gasteiger partial charge in [-0.1, -0.05) is 38.3 Å². The van der Waals surface area contributed by atoms with Gasteiger partial charge in [0.1, 0.15) is 12.4 Å². The van der Waals surface area contributed by atoms with Crippen LogP contribution < -0.4 is 0 Å². The summed E-state index contributed by atoms with van der Waals surface area (Å²) in [6.45, 7) is 6.25. The first-order chi connectivity index (χ1) is 12.3. The molecule has 0 bridgehead atoms. The van der Waals surface area contributed by atoms with Crippen LogP contribution >= 0.6 is 11.6 Å². The fraction of sp³-hybridized carbons (Fsp3) is 0.818. The van der Waals surface area contributed by atoms with Crippen LogP contribution in [0.15, 0.2) is 10.6 Å². The minimum atomic E-state index is -0.156. The van der Waals surface area contributed by atoms with Crippen LogP contribution in [0.2, 0.25) is 0 Å². The summed E-state index contributed by atoms with van der Waals surface area (Å²) < 4.78 is 5.88. The first kappa shape index (κ1) is 18.5. The summed E-state index contributed by atoms with van der Waals surface area (Å²) >= 11 is 6.68. The van der Waals surface area contributed by atoms with E-state index in [0.29, 0.717) is 23.7 Å². The zero-order chi connectivity index (χ0) is 18.7. The van der Waals surface area contributed by atoms with Gasteiger partial charge < -0.3 is 4.74 Å². The van der Waals surface area contributed by atoms with Gasteiger partial charge >= 0.3 is 5.97 Å². The third-order valence-corrected chi connectivity index (χ3v) is 9.31. The SMILES string of the molecule is CC(=O)OC1C[C@@H]2C(CC[C@]3(C)C(Cl)=C(C=O)C[C@@H]23)[C@@]2(C)CCCCC12. The Kier molecular flexibility index (Phi) is 4.53. The lowest BCUT2D eigenvalue weighted by Crippen LogP contribution is -2.57. The Morgan fingerprint density at radius 3 is 2.62 bits per heavy atom. The summed E-state index contributed by atoms with van der Waals surface area (Å²) in [6, 6.07) is 0. The molecule has 3 nitrogen and oxygen atoms in total. The highest BCUT2D eigenvalue weighted by Crippen LogP contribution is 2.67. The van der Waals surface area contributed by atoms with Crippen LogP contribution in [-0.2, 0) is 14.3 Å². The molecule has 0 amide bonds. The predicted octanol–water partition coefficient (Wildman–Crippen LogP) is 5.26. The quantitative estimate of drug-likeness (QED) is 0.486. The molecule has 4 heteroatoms. The molecule has 4 aliphatic carbocycles. The second kappa shape index (κ2) is 6.36. The van der Waals surface area contributed by atoms with E-state index in [1.54, 1.807) is 0 Å². The van der Waals surface area contributed by atoms with E-state index in [2.05, 4.69) is 13.8 Å². The number of ether oxygens (including phenoxy) is 1. The van der Waals surface area contributed by atoms with Crippen molar-refractivity contribution >= 4 is 23.9 Å². The third kappa shape index (κ3) is 2.52. The standard InChI is InChI=1S/C22H31ClO3/c1-13(25)26-19-11-15-16(21(2)8-5-4-6-17(19)21)7-9-22(3)18(15)10-14(12-24)20(22)23/h12,15-19H,4-11H2,1-3H3/t15-,16?,17?,18+,19?,21-,22+/m1/s1. The van der Waals surface area contributed by atoms with Crippen LogP contribution in [-0.4, -0.2) is 18.4 Å². The van der Waals surface area contributed by atoms with E-state index < -0.39 is 0 Å². The van der Waals surface area contributed by atoms with Gasteiger partial charge in [0.15, 0.2) is 0 Å². The maximum Gasteiger partial charge on any atom is 0.302 e. The monoisotopic (exact) mass is 378 g/mol. The Balaban J connectivity index is 1.70. The van der Waals surface area contributed by atoms with Crippen LogP contribution in [0.4, 0.5) is 0 Å². The summed E-state index contributed by atoms with van der Waals surface area (Å²) in [6.07, 6.45) is 9.95. The summed E-state index contributed by atoms with van der Waals surface area (Å²) in [5.74, 6) is 1.89.